The molecule has 100 valence electrons. The molecule has 6 nitrogen and oxygen atoms in total. The lowest BCUT2D eigenvalue weighted by atomic mass is 10.0. The molecule has 2 heterocycles. The van der Waals surface area contributed by atoms with Crippen LogP contribution in [0.15, 0.2) is 0 Å². The molecule has 0 fully saturated rings. The summed E-state index contributed by atoms with van der Waals surface area (Å²) >= 11 is 0. The molecule has 0 saturated heterocycles. The van der Waals surface area contributed by atoms with Gasteiger partial charge in [-0.15, -0.1) is 0 Å². The molecule has 2 unspecified atom stereocenters. The molecule has 1 aliphatic rings. The number of aliphatic hydroxyl groups excluding tert-OH is 1. The second kappa shape index (κ2) is 5.49. The lowest BCUT2D eigenvalue weighted by Gasteiger charge is -2.19. The van der Waals surface area contributed by atoms with Crippen LogP contribution < -0.4 is 10.6 Å². The Hall–Kier alpha value is -1.40. The Balaban J connectivity index is 2.07. The van der Waals surface area contributed by atoms with Crippen LogP contribution >= 0.6 is 0 Å². The van der Waals surface area contributed by atoms with Crippen LogP contribution in [0.2, 0.25) is 0 Å². The monoisotopic (exact) mass is 252 g/mol. The van der Waals surface area contributed by atoms with Gasteiger partial charge in [0, 0.05) is 43.4 Å². The second-order valence-corrected chi connectivity index (χ2v) is 4.88. The third-order valence-corrected chi connectivity index (χ3v) is 3.52. The van der Waals surface area contributed by atoms with Gasteiger partial charge < -0.3 is 15.7 Å². The smallest absolute Gasteiger partial charge is 0.272 e. The fraction of sp³-hybridized carbons (Fsp3) is 0.667. The van der Waals surface area contributed by atoms with Crippen LogP contribution in [0.25, 0.3) is 0 Å². The minimum Gasteiger partial charge on any atom is -0.396 e. The summed E-state index contributed by atoms with van der Waals surface area (Å²) in [5.74, 6) is -0.147. The molecule has 1 aromatic rings. The summed E-state index contributed by atoms with van der Waals surface area (Å²) in [6, 6.07) is -0.0774. The first kappa shape index (κ1) is 13.0. The van der Waals surface area contributed by atoms with Crippen LogP contribution in [0.1, 0.15) is 35.6 Å². The zero-order chi connectivity index (χ0) is 13.1. The van der Waals surface area contributed by atoms with Crippen molar-refractivity contribution in [3.63, 3.8) is 0 Å². The number of nitrogens with zero attached hydrogens (tertiary/aromatic N) is 1. The van der Waals surface area contributed by atoms with Gasteiger partial charge in [-0.2, -0.15) is 5.10 Å². The lowest BCUT2D eigenvalue weighted by Crippen LogP contribution is -2.39. The highest BCUT2D eigenvalue weighted by molar-refractivity contribution is 5.94. The summed E-state index contributed by atoms with van der Waals surface area (Å²) in [5, 5.41) is 22.2. The van der Waals surface area contributed by atoms with Gasteiger partial charge in [0.05, 0.1) is 0 Å². The van der Waals surface area contributed by atoms with Crippen molar-refractivity contribution in [2.24, 2.45) is 5.92 Å². The predicted molar refractivity (Wildman–Crippen MR) is 67.2 cm³/mol. The first-order valence-corrected chi connectivity index (χ1v) is 6.32. The predicted octanol–water partition coefficient (Wildman–Crippen LogP) is -0.198. The number of nitrogens with one attached hydrogen (secondary N) is 3. The third-order valence-electron chi connectivity index (χ3n) is 3.52. The van der Waals surface area contributed by atoms with Crippen molar-refractivity contribution in [1.82, 2.24) is 20.8 Å². The van der Waals surface area contributed by atoms with Crippen LogP contribution in [-0.2, 0) is 13.0 Å². The van der Waals surface area contributed by atoms with E-state index in [0.717, 1.165) is 24.2 Å². The van der Waals surface area contributed by atoms with Gasteiger partial charge in [-0.1, -0.05) is 6.92 Å². The zero-order valence-electron chi connectivity index (χ0n) is 10.8. The second-order valence-electron chi connectivity index (χ2n) is 4.88. The van der Waals surface area contributed by atoms with Crippen molar-refractivity contribution in [2.75, 3.05) is 13.2 Å². The molecule has 18 heavy (non-hydrogen) atoms. The van der Waals surface area contributed by atoms with E-state index in [-0.39, 0.29) is 24.5 Å². The van der Waals surface area contributed by atoms with Crippen LogP contribution in [0.3, 0.4) is 0 Å². The molecule has 2 rings (SSSR count). The Morgan fingerprint density at radius 2 is 2.33 bits per heavy atom. The Bertz CT molecular complexity index is 430. The van der Waals surface area contributed by atoms with E-state index in [0.29, 0.717) is 12.2 Å². The van der Waals surface area contributed by atoms with Gasteiger partial charge >= 0.3 is 0 Å². The van der Waals surface area contributed by atoms with Crippen LogP contribution in [0.4, 0.5) is 0 Å². The molecule has 0 bridgehead atoms. The van der Waals surface area contributed by atoms with Gasteiger partial charge in [-0.05, 0) is 12.8 Å². The van der Waals surface area contributed by atoms with Gasteiger partial charge in [-0.3, -0.25) is 9.89 Å². The summed E-state index contributed by atoms with van der Waals surface area (Å²) in [5.41, 5.74) is 2.47. The van der Waals surface area contributed by atoms with Gasteiger partial charge in [0.1, 0.15) is 0 Å². The number of aromatic amines is 1. The Kier molecular flexibility index (Phi) is 3.98. The summed E-state index contributed by atoms with van der Waals surface area (Å²) in [4.78, 5) is 12.1. The van der Waals surface area contributed by atoms with E-state index < -0.39 is 0 Å². The average molecular weight is 252 g/mol. The standard InChI is InChI=1S/C12H20N4O2/c1-7(6-17)8(2)14-12(18)11-9-5-13-4-3-10(9)15-16-11/h7-8,13,17H,3-6H2,1-2H3,(H,14,18)(H,15,16). The first-order valence-electron chi connectivity index (χ1n) is 6.32. The van der Waals surface area contributed by atoms with E-state index in [9.17, 15) is 4.79 Å². The highest BCUT2D eigenvalue weighted by Gasteiger charge is 2.23. The number of carbonyl (C=O) groups excluding carboxylic acids is 1. The Morgan fingerprint density at radius 3 is 3.06 bits per heavy atom. The number of aliphatic hydroxyl groups is 1. The quantitative estimate of drug-likeness (QED) is 0.597. The number of hydrogen-bond donors (Lipinski definition) is 4. The van der Waals surface area contributed by atoms with Crippen LogP contribution in [0, 0.1) is 5.92 Å². The SMILES string of the molecule is CC(CO)C(C)NC(=O)c1n[nH]c2c1CNCC2. The minimum absolute atomic E-state index is 0.0295. The van der Waals surface area contributed by atoms with Crippen LogP contribution in [0.5, 0.6) is 0 Å². The van der Waals surface area contributed by atoms with Crippen molar-refractivity contribution in [1.29, 1.82) is 0 Å². The summed E-state index contributed by atoms with van der Waals surface area (Å²) < 4.78 is 0. The molecule has 4 N–H and O–H groups in total. The molecule has 0 spiro atoms. The maximum absolute atomic E-state index is 12.1. The summed E-state index contributed by atoms with van der Waals surface area (Å²) in [6.07, 6.45) is 0.873. The number of aromatic nitrogens is 2. The normalized spacial score (nSPS) is 17.9. The van der Waals surface area contributed by atoms with E-state index in [1.165, 1.54) is 0 Å². The maximum Gasteiger partial charge on any atom is 0.272 e. The van der Waals surface area contributed by atoms with E-state index in [1.807, 2.05) is 13.8 Å². The molecule has 1 aromatic heterocycles. The number of carbonyl (C=O) groups is 1. The van der Waals surface area contributed by atoms with Crippen molar-refractivity contribution in [3.05, 3.63) is 17.0 Å². The fourth-order valence-corrected chi connectivity index (χ4v) is 1.99. The first-order chi connectivity index (χ1) is 8.63. The number of H-pyrrole nitrogens is 1. The molecule has 0 aromatic carbocycles. The largest absolute Gasteiger partial charge is 0.396 e. The number of rotatable bonds is 4. The van der Waals surface area contributed by atoms with E-state index >= 15 is 0 Å². The molecular weight excluding hydrogens is 232 g/mol. The topological polar surface area (TPSA) is 90.0 Å². The highest BCUT2D eigenvalue weighted by Crippen LogP contribution is 2.15. The molecule has 1 aliphatic heterocycles. The van der Waals surface area contributed by atoms with E-state index in [2.05, 4.69) is 20.8 Å². The fourth-order valence-electron chi connectivity index (χ4n) is 1.99. The minimum atomic E-state index is -0.177. The van der Waals surface area contributed by atoms with Crippen molar-refractivity contribution in [3.8, 4) is 0 Å². The third kappa shape index (κ3) is 2.54. The van der Waals surface area contributed by atoms with Crippen molar-refractivity contribution >= 4 is 5.91 Å². The van der Waals surface area contributed by atoms with Gasteiger partial charge in [0.2, 0.25) is 0 Å². The van der Waals surface area contributed by atoms with Gasteiger partial charge in [-0.25, -0.2) is 0 Å². The molecule has 1 amide bonds. The molecule has 6 heteroatoms. The molecule has 0 aliphatic carbocycles. The molecule has 0 saturated carbocycles. The van der Waals surface area contributed by atoms with Gasteiger partial charge in [0.15, 0.2) is 5.69 Å². The number of hydrogen-bond acceptors (Lipinski definition) is 4. The van der Waals surface area contributed by atoms with Crippen molar-refractivity contribution in [2.45, 2.75) is 32.9 Å². The molecule has 2 atom stereocenters. The Labute approximate surface area is 106 Å². The van der Waals surface area contributed by atoms with E-state index in [1.54, 1.807) is 0 Å². The number of fused-ring (bicyclic) bond motifs is 1. The summed E-state index contributed by atoms with van der Waals surface area (Å²) in [7, 11) is 0. The molecule has 0 radical (unpaired) electrons. The maximum atomic E-state index is 12.1. The number of amides is 1. The van der Waals surface area contributed by atoms with Gasteiger partial charge in [0.25, 0.3) is 5.91 Å². The highest BCUT2D eigenvalue weighted by atomic mass is 16.3. The summed E-state index contributed by atoms with van der Waals surface area (Å²) in [6.45, 7) is 5.43. The average Bonchev–Trinajstić information content (AvgIpc) is 2.81. The van der Waals surface area contributed by atoms with E-state index in [4.69, 9.17) is 5.11 Å². The lowest BCUT2D eigenvalue weighted by molar-refractivity contribution is 0.0910. The molecular formula is C12H20N4O2. The van der Waals surface area contributed by atoms with Crippen LogP contribution in [-0.4, -0.2) is 40.4 Å². The zero-order valence-corrected chi connectivity index (χ0v) is 10.8. The van der Waals surface area contributed by atoms with Crippen molar-refractivity contribution < 1.29 is 9.90 Å². The Morgan fingerprint density at radius 1 is 1.56 bits per heavy atom.